The van der Waals surface area contributed by atoms with E-state index in [0.29, 0.717) is 22.1 Å². The minimum absolute atomic E-state index is 0.337. The maximum Gasteiger partial charge on any atom is 0.125 e. The second-order valence-electron chi connectivity index (χ2n) is 3.48. The summed E-state index contributed by atoms with van der Waals surface area (Å²) in [7, 11) is 0. The van der Waals surface area contributed by atoms with Crippen molar-refractivity contribution in [3.63, 3.8) is 0 Å². The van der Waals surface area contributed by atoms with Crippen LogP contribution in [0.15, 0.2) is 40.9 Å². The van der Waals surface area contributed by atoms with Crippen molar-refractivity contribution in [2.45, 2.75) is 0 Å². The summed E-state index contributed by atoms with van der Waals surface area (Å²) < 4.78 is 13.8. The Morgan fingerprint density at radius 2 is 1.82 bits per heavy atom. The molecule has 2 aromatic carbocycles. The van der Waals surface area contributed by atoms with Crippen LogP contribution in [0.1, 0.15) is 0 Å². The van der Waals surface area contributed by atoms with E-state index in [0.717, 1.165) is 4.47 Å². The van der Waals surface area contributed by atoms with Crippen LogP contribution in [0, 0.1) is 5.82 Å². The first kappa shape index (κ1) is 12.2. The Hall–Kier alpha value is -1.26. The number of hydrogen-bond donors (Lipinski definition) is 2. The normalized spacial score (nSPS) is 10.3. The fourth-order valence-corrected chi connectivity index (χ4v) is 2.10. The largest absolute Gasteiger partial charge is 0.397 e. The van der Waals surface area contributed by atoms with Crippen molar-refractivity contribution in [3.05, 3.63) is 51.7 Å². The summed E-state index contributed by atoms with van der Waals surface area (Å²) in [6.45, 7) is 0. The molecule has 0 amide bonds. The maximum absolute atomic E-state index is 12.9. The topological polar surface area (TPSA) is 38.0 Å². The summed E-state index contributed by atoms with van der Waals surface area (Å²) >= 11 is 9.37. The molecule has 0 heterocycles. The molecule has 0 saturated carbocycles. The molecule has 0 saturated heterocycles. The van der Waals surface area contributed by atoms with Crippen LogP contribution >= 0.6 is 27.5 Å². The zero-order valence-corrected chi connectivity index (χ0v) is 11.0. The van der Waals surface area contributed by atoms with Crippen LogP contribution in [0.3, 0.4) is 0 Å². The number of nitrogens with two attached hydrogens (primary N) is 1. The van der Waals surface area contributed by atoms with Crippen molar-refractivity contribution in [1.82, 2.24) is 0 Å². The SMILES string of the molecule is Nc1cc(F)ccc1Nc1ccc(Br)cc1Cl. The number of halogens is 3. The molecule has 2 aromatic rings. The van der Waals surface area contributed by atoms with Crippen LogP contribution in [-0.2, 0) is 0 Å². The van der Waals surface area contributed by atoms with E-state index in [2.05, 4.69) is 21.2 Å². The van der Waals surface area contributed by atoms with E-state index in [-0.39, 0.29) is 5.82 Å². The van der Waals surface area contributed by atoms with Gasteiger partial charge in [-0.3, -0.25) is 0 Å². The highest BCUT2D eigenvalue weighted by Crippen LogP contribution is 2.30. The second kappa shape index (κ2) is 4.94. The lowest BCUT2D eigenvalue weighted by Gasteiger charge is -2.11. The lowest BCUT2D eigenvalue weighted by atomic mass is 10.2. The summed E-state index contributed by atoms with van der Waals surface area (Å²) in [4.78, 5) is 0. The van der Waals surface area contributed by atoms with E-state index in [4.69, 9.17) is 17.3 Å². The second-order valence-corrected chi connectivity index (χ2v) is 4.80. The zero-order valence-electron chi connectivity index (χ0n) is 8.68. The van der Waals surface area contributed by atoms with Crippen molar-refractivity contribution >= 4 is 44.6 Å². The molecule has 0 atom stereocenters. The first-order chi connectivity index (χ1) is 8.06. The Kier molecular flexibility index (Phi) is 3.54. The number of benzene rings is 2. The highest BCUT2D eigenvalue weighted by molar-refractivity contribution is 9.10. The molecule has 0 spiro atoms. The summed E-state index contributed by atoms with van der Waals surface area (Å²) in [5.41, 5.74) is 7.37. The van der Waals surface area contributed by atoms with Crippen LogP contribution in [0.5, 0.6) is 0 Å². The highest BCUT2D eigenvalue weighted by atomic mass is 79.9. The number of anilines is 3. The standard InChI is InChI=1S/C12H9BrClFN2/c13-7-1-3-11(9(14)5-7)17-12-4-2-8(15)6-10(12)16/h1-6,17H,16H2. The average Bonchev–Trinajstić information content (AvgIpc) is 2.25. The van der Waals surface area contributed by atoms with Gasteiger partial charge in [0.2, 0.25) is 0 Å². The zero-order chi connectivity index (χ0) is 12.4. The molecule has 0 radical (unpaired) electrons. The summed E-state index contributed by atoms with van der Waals surface area (Å²) in [5, 5.41) is 3.61. The maximum atomic E-state index is 12.9. The minimum Gasteiger partial charge on any atom is -0.397 e. The minimum atomic E-state index is -0.366. The van der Waals surface area contributed by atoms with Crippen molar-refractivity contribution in [1.29, 1.82) is 0 Å². The molecule has 88 valence electrons. The lowest BCUT2D eigenvalue weighted by Crippen LogP contribution is -1.97. The fraction of sp³-hybridized carbons (Fsp3) is 0. The molecular formula is C12H9BrClFN2. The Morgan fingerprint density at radius 3 is 2.47 bits per heavy atom. The number of rotatable bonds is 2. The molecule has 0 unspecified atom stereocenters. The molecule has 0 aliphatic heterocycles. The molecular weight excluding hydrogens is 307 g/mol. The number of hydrogen-bond acceptors (Lipinski definition) is 2. The molecule has 3 N–H and O–H groups in total. The molecule has 0 aromatic heterocycles. The van der Waals surface area contributed by atoms with Gasteiger partial charge in [-0.1, -0.05) is 27.5 Å². The fourth-order valence-electron chi connectivity index (χ4n) is 1.38. The third-order valence-electron chi connectivity index (χ3n) is 2.21. The van der Waals surface area contributed by atoms with E-state index in [1.807, 2.05) is 12.1 Å². The van der Waals surface area contributed by atoms with Crippen LogP contribution in [0.25, 0.3) is 0 Å². The molecule has 2 nitrogen and oxygen atoms in total. The van der Waals surface area contributed by atoms with Crippen molar-refractivity contribution in [2.24, 2.45) is 0 Å². The van der Waals surface area contributed by atoms with Crippen molar-refractivity contribution in [3.8, 4) is 0 Å². The van der Waals surface area contributed by atoms with E-state index < -0.39 is 0 Å². The van der Waals surface area contributed by atoms with Gasteiger partial charge in [-0.25, -0.2) is 4.39 Å². The molecule has 0 fully saturated rings. The van der Waals surface area contributed by atoms with Crippen molar-refractivity contribution < 1.29 is 4.39 Å². The van der Waals surface area contributed by atoms with Gasteiger partial charge >= 0.3 is 0 Å². The van der Waals surface area contributed by atoms with Gasteiger partial charge in [0.05, 0.1) is 22.1 Å². The number of nitrogen functional groups attached to an aromatic ring is 1. The first-order valence-electron chi connectivity index (χ1n) is 4.83. The van der Waals surface area contributed by atoms with Crippen molar-refractivity contribution in [2.75, 3.05) is 11.1 Å². The molecule has 17 heavy (non-hydrogen) atoms. The monoisotopic (exact) mass is 314 g/mol. The molecule has 5 heteroatoms. The third-order valence-corrected chi connectivity index (χ3v) is 3.02. The average molecular weight is 316 g/mol. The van der Waals surface area contributed by atoms with Gasteiger partial charge in [0.25, 0.3) is 0 Å². The molecule has 0 aliphatic rings. The lowest BCUT2D eigenvalue weighted by molar-refractivity contribution is 0.628. The van der Waals surface area contributed by atoms with Gasteiger partial charge < -0.3 is 11.1 Å². The van der Waals surface area contributed by atoms with Gasteiger partial charge in [0.1, 0.15) is 5.82 Å². The van der Waals surface area contributed by atoms with Gasteiger partial charge in [0, 0.05) is 4.47 Å². The smallest absolute Gasteiger partial charge is 0.125 e. The Bertz CT molecular complexity index is 511. The third kappa shape index (κ3) is 2.90. The van der Waals surface area contributed by atoms with Gasteiger partial charge in [0.15, 0.2) is 0 Å². The summed E-state index contributed by atoms with van der Waals surface area (Å²) in [6, 6.07) is 9.61. The molecule has 0 bridgehead atoms. The molecule has 2 rings (SSSR count). The van der Waals surface area contributed by atoms with Crippen LogP contribution in [0.2, 0.25) is 5.02 Å². The van der Waals surface area contributed by atoms with Gasteiger partial charge in [-0.05, 0) is 36.4 Å². The Labute approximate surface area is 112 Å². The summed E-state index contributed by atoms with van der Waals surface area (Å²) in [5.74, 6) is -0.366. The quantitative estimate of drug-likeness (QED) is 0.797. The predicted octanol–water partition coefficient (Wildman–Crippen LogP) is 4.57. The van der Waals surface area contributed by atoms with Crippen LogP contribution < -0.4 is 11.1 Å². The van der Waals surface area contributed by atoms with Gasteiger partial charge in [-0.2, -0.15) is 0 Å². The first-order valence-corrected chi connectivity index (χ1v) is 6.00. The van der Waals surface area contributed by atoms with E-state index in [9.17, 15) is 4.39 Å². The van der Waals surface area contributed by atoms with E-state index >= 15 is 0 Å². The Morgan fingerprint density at radius 1 is 1.12 bits per heavy atom. The molecule has 0 aliphatic carbocycles. The predicted molar refractivity (Wildman–Crippen MR) is 73.2 cm³/mol. The Balaban J connectivity index is 2.31. The van der Waals surface area contributed by atoms with Crippen LogP contribution in [-0.4, -0.2) is 0 Å². The van der Waals surface area contributed by atoms with Crippen LogP contribution in [0.4, 0.5) is 21.5 Å². The number of nitrogens with one attached hydrogen (secondary N) is 1. The summed E-state index contributed by atoms with van der Waals surface area (Å²) in [6.07, 6.45) is 0. The van der Waals surface area contributed by atoms with E-state index in [1.54, 1.807) is 12.1 Å². The highest BCUT2D eigenvalue weighted by Gasteiger charge is 2.04. The van der Waals surface area contributed by atoms with Gasteiger partial charge in [-0.15, -0.1) is 0 Å². The van der Waals surface area contributed by atoms with E-state index in [1.165, 1.54) is 12.1 Å².